The first-order valence-corrected chi connectivity index (χ1v) is 2.71. The maximum Gasteiger partial charge on any atom is 1.00 e. The average Bonchev–Trinajstić information content (AvgIpc) is 1.97. The molecule has 0 aromatic rings. The van der Waals surface area contributed by atoms with E-state index >= 15 is 0 Å². The number of rotatable bonds is 4. The molecule has 0 fully saturated rings. The van der Waals surface area contributed by atoms with Crippen LogP contribution in [0.5, 0.6) is 0 Å². The smallest absolute Gasteiger partial charge is 0.545 e. The van der Waals surface area contributed by atoms with Crippen LogP contribution in [0.15, 0.2) is 12.2 Å². The van der Waals surface area contributed by atoms with Gasteiger partial charge in [0.15, 0.2) is 6.79 Å². The Morgan fingerprint density at radius 1 is 1.42 bits per heavy atom. The molecule has 12 heavy (non-hydrogen) atoms. The quantitative estimate of drug-likeness (QED) is 0.283. The van der Waals surface area contributed by atoms with Gasteiger partial charge < -0.3 is 19.4 Å². The zero-order valence-electron chi connectivity index (χ0n) is 6.90. The van der Waals surface area contributed by atoms with Gasteiger partial charge in [-0.1, -0.05) is 0 Å². The number of esters is 1. The minimum Gasteiger partial charge on any atom is -0.545 e. The fourth-order valence-corrected chi connectivity index (χ4v) is 0.301. The van der Waals surface area contributed by atoms with Crippen molar-refractivity contribution in [3.8, 4) is 0 Å². The Kier molecular flexibility index (Phi) is 11.9. The van der Waals surface area contributed by atoms with E-state index in [9.17, 15) is 14.7 Å². The van der Waals surface area contributed by atoms with Crippen molar-refractivity contribution in [1.82, 2.24) is 0 Å². The molecule has 0 aliphatic heterocycles. The van der Waals surface area contributed by atoms with Crippen LogP contribution in [0.4, 0.5) is 0 Å². The Morgan fingerprint density at radius 2 is 2.00 bits per heavy atom. The molecule has 0 unspecified atom stereocenters. The minimum absolute atomic E-state index is 0. The molecule has 0 aromatic carbocycles. The van der Waals surface area contributed by atoms with Crippen LogP contribution in [0.25, 0.3) is 0 Å². The second-order valence-corrected chi connectivity index (χ2v) is 1.52. The van der Waals surface area contributed by atoms with Gasteiger partial charge in [0, 0.05) is 13.2 Å². The number of hydrogen-bond donors (Lipinski definition) is 0. The number of carboxylic acids is 1. The van der Waals surface area contributed by atoms with Crippen LogP contribution < -0.4 is 63.3 Å². The van der Waals surface area contributed by atoms with Gasteiger partial charge in [0.25, 0.3) is 0 Å². The predicted molar refractivity (Wildman–Crippen MR) is 32.1 cm³/mol. The molecule has 0 aromatic heterocycles. The van der Waals surface area contributed by atoms with E-state index in [1.165, 1.54) is 7.11 Å². The maximum absolute atomic E-state index is 10.4. The number of aliphatic carboxylic acids is 1. The fraction of sp³-hybridized carbons (Fsp3) is 0.333. The molecule has 62 valence electrons. The summed E-state index contributed by atoms with van der Waals surface area (Å²) >= 11 is 0. The van der Waals surface area contributed by atoms with E-state index in [-0.39, 0.29) is 65.0 Å². The summed E-state index contributed by atoms with van der Waals surface area (Å²) < 4.78 is 8.68. The molecule has 0 aliphatic rings. The Bertz CT molecular complexity index is 177. The summed E-state index contributed by atoms with van der Waals surface area (Å²) in [5, 5.41) is 9.74. The third-order valence-corrected chi connectivity index (χ3v) is 0.675. The Morgan fingerprint density at radius 3 is 2.42 bits per heavy atom. The van der Waals surface area contributed by atoms with E-state index in [4.69, 9.17) is 0 Å². The summed E-state index contributed by atoms with van der Waals surface area (Å²) in [4.78, 5) is 20.2. The van der Waals surface area contributed by atoms with Crippen LogP contribution in [0, 0.1) is 0 Å². The minimum atomic E-state index is -1.45. The summed E-state index contributed by atoms with van der Waals surface area (Å²) in [6.07, 6.45) is 1.33. The van der Waals surface area contributed by atoms with E-state index in [0.717, 1.165) is 6.08 Å². The van der Waals surface area contributed by atoms with Crippen LogP contribution in [0.2, 0.25) is 0 Å². The normalized spacial score (nSPS) is 9.08. The zero-order valence-corrected chi connectivity index (χ0v) is 11.8. The summed E-state index contributed by atoms with van der Waals surface area (Å²) in [6.45, 7) is -0.198. The molecule has 0 heterocycles. The molecule has 0 atom stereocenters. The van der Waals surface area contributed by atoms with Crippen molar-refractivity contribution in [1.29, 1.82) is 0 Å². The second-order valence-electron chi connectivity index (χ2n) is 1.52. The van der Waals surface area contributed by atoms with Crippen molar-refractivity contribution in [3.63, 3.8) is 0 Å². The third kappa shape index (κ3) is 10.4. The summed E-state index contributed by atoms with van der Waals surface area (Å²) in [5.41, 5.74) is 0. The standard InChI is InChI=1S/C6H8O5.Rb/c1-10-4-11-6(9)3-2-5(7)8;/h2-3H,4H2,1H3,(H,7,8);/q;+1/p-1/b3-2+;. The fourth-order valence-electron chi connectivity index (χ4n) is 0.301. The molecule has 0 aliphatic carbocycles. The van der Waals surface area contributed by atoms with Gasteiger partial charge in [0.1, 0.15) is 0 Å². The number of carbonyl (C=O) groups excluding carboxylic acids is 2. The maximum atomic E-state index is 10.4. The van der Waals surface area contributed by atoms with Crippen molar-refractivity contribution in [3.05, 3.63) is 12.2 Å². The van der Waals surface area contributed by atoms with Crippen LogP contribution in [-0.2, 0) is 19.1 Å². The molecule has 0 rings (SSSR count). The van der Waals surface area contributed by atoms with Gasteiger partial charge in [-0.3, -0.25) is 0 Å². The summed E-state index contributed by atoms with van der Waals surface area (Å²) in [7, 11) is 1.34. The number of methoxy groups -OCH3 is 1. The first-order valence-electron chi connectivity index (χ1n) is 2.71. The molecule has 5 nitrogen and oxygen atoms in total. The molecule has 0 amide bonds. The monoisotopic (exact) mass is 244 g/mol. The van der Waals surface area contributed by atoms with E-state index in [1.807, 2.05) is 0 Å². The van der Waals surface area contributed by atoms with Crippen LogP contribution >= 0.6 is 0 Å². The predicted octanol–water partition coefficient (Wildman–Crippen LogP) is -4.56. The molecule has 0 spiro atoms. The third-order valence-electron chi connectivity index (χ3n) is 0.675. The van der Waals surface area contributed by atoms with Gasteiger partial charge in [-0.15, -0.1) is 0 Å². The van der Waals surface area contributed by atoms with Crippen molar-refractivity contribution < 1.29 is 82.4 Å². The molecule has 6 heteroatoms. The number of hydrogen-bond acceptors (Lipinski definition) is 5. The van der Waals surface area contributed by atoms with E-state index in [1.54, 1.807) is 0 Å². The van der Waals surface area contributed by atoms with Gasteiger partial charge >= 0.3 is 64.2 Å². The van der Waals surface area contributed by atoms with Crippen LogP contribution in [-0.4, -0.2) is 25.8 Å². The van der Waals surface area contributed by atoms with E-state index < -0.39 is 11.9 Å². The van der Waals surface area contributed by atoms with Gasteiger partial charge in [0.05, 0.1) is 5.97 Å². The van der Waals surface area contributed by atoms with Gasteiger partial charge in [-0.05, 0) is 6.08 Å². The van der Waals surface area contributed by atoms with Crippen LogP contribution in [0.3, 0.4) is 0 Å². The van der Waals surface area contributed by atoms with Crippen molar-refractivity contribution >= 4 is 11.9 Å². The number of carbonyl (C=O) groups is 2. The molecular formula is C6H7O5Rb. The average molecular weight is 245 g/mol. The van der Waals surface area contributed by atoms with Crippen molar-refractivity contribution in [2.24, 2.45) is 0 Å². The van der Waals surface area contributed by atoms with Crippen molar-refractivity contribution in [2.75, 3.05) is 13.9 Å². The molecule has 0 bridgehead atoms. The topological polar surface area (TPSA) is 75.7 Å². The van der Waals surface area contributed by atoms with Gasteiger partial charge in [0.2, 0.25) is 0 Å². The summed E-state index contributed by atoms with van der Waals surface area (Å²) in [5.74, 6) is -2.23. The first-order chi connectivity index (χ1) is 5.16. The second kappa shape index (κ2) is 9.53. The molecule has 0 radical (unpaired) electrons. The number of ether oxygens (including phenoxy) is 2. The first kappa shape index (κ1) is 14.9. The van der Waals surface area contributed by atoms with E-state index in [2.05, 4.69) is 9.47 Å². The van der Waals surface area contributed by atoms with Gasteiger partial charge in [-0.25, -0.2) is 4.79 Å². The number of carboxylic acid groups (broad SMARTS) is 1. The SMILES string of the molecule is COCOC(=O)/C=C/C(=O)[O-].[Rb+]. The Hall–Kier alpha value is 0.445. The Labute approximate surface area is 119 Å². The molecule has 0 N–H and O–H groups in total. The van der Waals surface area contributed by atoms with Crippen LogP contribution in [0.1, 0.15) is 0 Å². The largest absolute Gasteiger partial charge is 1.00 e. The molecular weight excluding hydrogens is 238 g/mol. The van der Waals surface area contributed by atoms with E-state index in [0.29, 0.717) is 6.08 Å². The summed E-state index contributed by atoms with van der Waals surface area (Å²) in [6, 6.07) is 0. The van der Waals surface area contributed by atoms with Crippen molar-refractivity contribution in [2.45, 2.75) is 0 Å². The zero-order chi connectivity index (χ0) is 8.69. The Balaban J connectivity index is 0. The van der Waals surface area contributed by atoms with Gasteiger partial charge in [-0.2, -0.15) is 0 Å². The molecule has 0 saturated carbocycles. The molecule has 0 saturated heterocycles.